The summed E-state index contributed by atoms with van der Waals surface area (Å²) in [5.41, 5.74) is 6.08. The van der Waals surface area contributed by atoms with Gasteiger partial charge in [-0.25, -0.2) is 0 Å². The molecule has 0 radical (unpaired) electrons. The molecule has 4 rings (SSSR count). The Morgan fingerprint density at radius 3 is 2.15 bits per heavy atom. The van der Waals surface area contributed by atoms with Crippen LogP contribution in [-0.4, -0.2) is 5.78 Å². The second-order valence-corrected chi connectivity index (χ2v) is 9.75. The standard InChI is InChI=1S/C22H19ClOS2/c1-13-18(11-20(25-13)22(24)15-7-4-3-5-8-15)16-9-6-10-17(16)19-12-21(23)26-14(19)2/h3-5,7-8,11-12H,6,9-10H2,1-2H3. The summed E-state index contributed by atoms with van der Waals surface area (Å²) in [6.07, 6.45) is 3.31. The molecule has 0 saturated carbocycles. The van der Waals surface area contributed by atoms with Crippen molar-refractivity contribution in [1.82, 2.24) is 0 Å². The topological polar surface area (TPSA) is 17.1 Å². The fourth-order valence-electron chi connectivity index (χ4n) is 3.71. The molecule has 0 N–H and O–H groups in total. The molecule has 3 aromatic rings. The lowest BCUT2D eigenvalue weighted by Crippen LogP contribution is -1.97. The first kappa shape index (κ1) is 17.7. The predicted octanol–water partition coefficient (Wildman–Crippen LogP) is 7.41. The van der Waals surface area contributed by atoms with Crippen LogP contribution in [0.25, 0.3) is 11.1 Å². The fourth-order valence-corrected chi connectivity index (χ4v) is 5.94. The van der Waals surface area contributed by atoms with Crippen LogP contribution < -0.4 is 0 Å². The van der Waals surface area contributed by atoms with Crippen molar-refractivity contribution < 1.29 is 4.79 Å². The zero-order valence-corrected chi connectivity index (χ0v) is 17.2. The average molecular weight is 399 g/mol. The number of carbonyl (C=O) groups excluding carboxylic acids is 1. The zero-order chi connectivity index (χ0) is 18.3. The van der Waals surface area contributed by atoms with Gasteiger partial charge < -0.3 is 0 Å². The first-order chi connectivity index (χ1) is 12.5. The predicted molar refractivity (Wildman–Crippen MR) is 114 cm³/mol. The molecule has 0 aliphatic heterocycles. The highest BCUT2D eigenvalue weighted by molar-refractivity contribution is 7.16. The minimum absolute atomic E-state index is 0.111. The quantitative estimate of drug-likeness (QED) is 0.418. The van der Waals surface area contributed by atoms with Gasteiger partial charge in [0.1, 0.15) is 0 Å². The van der Waals surface area contributed by atoms with Gasteiger partial charge >= 0.3 is 0 Å². The van der Waals surface area contributed by atoms with Crippen molar-refractivity contribution in [3.05, 3.63) is 78.1 Å². The van der Waals surface area contributed by atoms with Crippen molar-refractivity contribution in [1.29, 1.82) is 0 Å². The molecule has 1 aliphatic carbocycles. The monoisotopic (exact) mass is 398 g/mol. The van der Waals surface area contributed by atoms with E-state index in [-0.39, 0.29) is 5.78 Å². The molecule has 0 spiro atoms. The van der Waals surface area contributed by atoms with E-state index in [1.54, 1.807) is 22.7 Å². The van der Waals surface area contributed by atoms with Crippen LogP contribution in [0.3, 0.4) is 0 Å². The van der Waals surface area contributed by atoms with Crippen molar-refractivity contribution in [3.63, 3.8) is 0 Å². The third-order valence-corrected chi connectivity index (χ3v) is 7.16. The van der Waals surface area contributed by atoms with E-state index in [1.165, 1.54) is 32.0 Å². The molecule has 0 bridgehead atoms. The lowest BCUT2D eigenvalue weighted by Gasteiger charge is -2.07. The number of hydrogen-bond donors (Lipinski definition) is 0. The van der Waals surface area contributed by atoms with E-state index in [2.05, 4.69) is 26.0 Å². The Balaban J connectivity index is 1.76. The molecule has 26 heavy (non-hydrogen) atoms. The smallest absolute Gasteiger partial charge is 0.202 e. The molecule has 1 aliphatic rings. The molecule has 2 aromatic heterocycles. The number of rotatable bonds is 4. The molecular formula is C22H19ClOS2. The Hall–Kier alpha value is -1.68. The van der Waals surface area contributed by atoms with Gasteiger partial charge in [-0.15, -0.1) is 22.7 Å². The van der Waals surface area contributed by atoms with Gasteiger partial charge in [-0.3, -0.25) is 4.79 Å². The minimum Gasteiger partial charge on any atom is -0.288 e. The molecule has 1 nitrogen and oxygen atoms in total. The summed E-state index contributed by atoms with van der Waals surface area (Å²) in [6, 6.07) is 13.7. The molecule has 0 amide bonds. The number of hydrogen-bond acceptors (Lipinski definition) is 3. The summed E-state index contributed by atoms with van der Waals surface area (Å²) >= 11 is 9.48. The normalized spacial score (nSPS) is 14.3. The summed E-state index contributed by atoms with van der Waals surface area (Å²) in [5.74, 6) is 0.111. The van der Waals surface area contributed by atoms with Crippen molar-refractivity contribution in [2.45, 2.75) is 33.1 Å². The van der Waals surface area contributed by atoms with Crippen molar-refractivity contribution in [2.24, 2.45) is 0 Å². The number of allylic oxidation sites excluding steroid dienone is 2. The number of thiophene rings is 2. The third kappa shape index (κ3) is 3.20. The van der Waals surface area contributed by atoms with E-state index in [4.69, 9.17) is 11.6 Å². The van der Waals surface area contributed by atoms with Gasteiger partial charge in [0.05, 0.1) is 9.21 Å². The van der Waals surface area contributed by atoms with Gasteiger partial charge in [0.25, 0.3) is 0 Å². The first-order valence-corrected chi connectivity index (χ1v) is 10.7. The van der Waals surface area contributed by atoms with E-state index in [9.17, 15) is 4.79 Å². The summed E-state index contributed by atoms with van der Waals surface area (Å²) in [6.45, 7) is 4.26. The number of halogens is 1. The maximum atomic E-state index is 12.8. The highest BCUT2D eigenvalue weighted by Crippen LogP contribution is 2.45. The number of benzene rings is 1. The summed E-state index contributed by atoms with van der Waals surface area (Å²) < 4.78 is 0.846. The molecule has 1 aromatic carbocycles. The van der Waals surface area contributed by atoms with Gasteiger partial charge in [-0.1, -0.05) is 41.9 Å². The third-order valence-electron chi connectivity index (χ3n) is 4.93. The summed E-state index contributed by atoms with van der Waals surface area (Å²) in [5, 5.41) is 0. The van der Waals surface area contributed by atoms with E-state index in [0.717, 1.165) is 34.0 Å². The number of carbonyl (C=O) groups is 1. The summed E-state index contributed by atoms with van der Waals surface area (Å²) in [4.78, 5) is 16.1. The van der Waals surface area contributed by atoms with Crippen LogP contribution in [0.5, 0.6) is 0 Å². The van der Waals surface area contributed by atoms with Crippen LogP contribution in [-0.2, 0) is 0 Å². The SMILES string of the molecule is Cc1sc(Cl)cc1C1=C(c2cc(C(=O)c3ccccc3)sc2C)CCC1. The fraction of sp³-hybridized carbons (Fsp3) is 0.227. The number of ketones is 1. The van der Waals surface area contributed by atoms with Crippen LogP contribution in [0.4, 0.5) is 0 Å². The highest BCUT2D eigenvalue weighted by Gasteiger charge is 2.24. The lowest BCUT2D eigenvalue weighted by molar-refractivity contribution is 0.104. The molecule has 0 fully saturated rings. The van der Waals surface area contributed by atoms with Gasteiger partial charge in [0, 0.05) is 15.3 Å². The van der Waals surface area contributed by atoms with Crippen molar-refractivity contribution in [2.75, 3.05) is 0 Å². The van der Waals surface area contributed by atoms with Crippen LogP contribution in [0.15, 0.2) is 42.5 Å². The lowest BCUT2D eigenvalue weighted by atomic mass is 9.97. The van der Waals surface area contributed by atoms with Crippen LogP contribution in [0.1, 0.15) is 55.4 Å². The Labute approximate surface area is 167 Å². The zero-order valence-electron chi connectivity index (χ0n) is 14.8. The van der Waals surface area contributed by atoms with E-state index in [0.29, 0.717) is 0 Å². The van der Waals surface area contributed by atoms with Crippen molar-refractivity contribution in [3.8, 4) is 0 Å². The Bertz CT molecular complexity index is 1010. The van der Waals surface area contributed by atoms with Gasteiger partial charge in [-0.05, 0) is 67.5 Å². The first-order valence-electron chi connectivity index (χ1n) is 8.73. The van der Waals surface area contributed by atoms with Gasteiger partial charge in [-0.2, -0.15) is 0 Å². The maximum absolute atomic E-state index is 12.8. The van der Waals surface area contributed by atoms with Gasteiger partial charge in [0.15, 0.2) is 0 Å². The molecular weight excluding hydrogens is 380 g/mol. The van der Waals surface area contributed by atoms with E-state index < -0.39 is 0 Å². The minimum atomic E-state index is 0.111. The van der Waals surface area contributed by atoms with Crippen LogP contribution >= 0.6 is 34.3 Å². The Kier molecular flexibility index (Phi) is 4.87. The van der Waals surface area contributed by atoms with E-state index >= 15 is 0 Å². The molecule has 4 heteroatoms. The van der Waals surface area contributed by atoms with Crippen LogP contribution in [0.2, 0.25) is 4.34 Å². The summed E-state index contributed by atoms with van der Waals surface area (Å²) in [7, 11) is 0. The van der Waals surface area contributed by atoms with Gasteiger partial charge in [0.2, 0.25) is 5.78 Å². The second-order valence-electron chi connectivity index (χ2n) is 6.61. The Morgan fingerprint density at radius 1 is 0.923 bits per heavy atom. The molecule has 0 atom stereocenters. The largest absolute Gasteiger partial charge is 0.288 e. The van der Waals surface area contributed by atoms with Crippen LogP contribution in [0, 0.1) is 13.8 Å². The van der Waals surface area contributed by atoms with Crippen molar-refractivity contribution >= 4 is 51.2 Å². The Morgan fingerprint density at radius 2 is 1.54 bits per heavy atom. The molecule has 0 saturated heterocycles. The number of aryl methyl sites for hydroxylation is 2. The average Bonchev–Trinajstić information content (AvgIpc) is 3.33. The molecule has 132 valence electrons. The molecule has 0 unspecified atom stereocenters. The molecule has 2 heterocycles. The van der Waals surface area contributed by atoms with E-state index in [1.807, 2.05) is 30.3 Å². The maximum Gasteiger partial charge on any atom is 0.202 e. The highest BCUT2D eigenvalue weighted by atomic mass is 35.5. The second kappa shape index (κ2) is 7.15.